The first-order chi connectivity index (χ1) is 11.7. The fraction of sp³-hybridized carbons (Fsp3) is 0.417. The summed E-state index contributed by atoms with van der Waals surface area (Å²) in [6.07, 6.45) is 1.05. The Bertz CT molecular complexity index is 890. The fourth-order valence-corrected chi connectivity index (χ4v) is 2.78. The van der Waals surface area contributed by atoms with Gasteiger partial charge in [-0.15, -0.1) is 6.42 Å². The Morgan fingerprint density at radius 1 is 1.44 bits per heavy atom. The lowest BCUT2D eigenvalue weighted by Gasteiger charge is -2.30. The molecule has 0 aliphatic carbocycles. The van der Waals surface area contributed by atoms with E-state index in [2.05, 4.69) is 25.4 Å². The van der Waals surface area contributed by atoms with Crippen molar-refractivity contribution in [2.45, 2.75) is 24.5 Å². The molecule has 4 atom stereocenters. The van der Waals surface area contributed by atoms with Gasteiger partial charge in [0.2, 0.25) is 5.82 Å². The smallest absolute Gasteiger partial charge is 0.208 e. The van der Waals surface area contributed by atoms with E-state index in [1.54, 1.807) is 0 Å². The number of aromatic nitrogens is 4. The molecule has 0 radical (unpaired) electrons. The van der Waals surface area contributed by atoms with Gasteiger partial charge in [-0.1, -0.05) is 0 Å². The lowest BCUT2D eigenvalue weighted by atomic mass is 10.1. The van der Waals surface area contributed by atoms with Gasteiger partial charge >= 0.3 is 0 Å². The number of nitrogens with zero attached hydrogens (tertiary/aromatic N) is 4. The van der Waals surface area contributed by atoms with Crippen molar-refractivity contribution in [3.8, 4) is 12.3 Å². The van der Waals surface area contributed by atoms with E-state index >= 15 is 0 Å². The second kappa shape index (κ2) is 6.32. The fourth-order valence-electron chi connectivity index (χ4n) is 2.45. The molecule has 1 aliphatic heterocycles. The molecule has 13 heteroatoms. The van der Waals surface area contributed by atoms with Crippen LogP contribution in [0.25, 0.3) is 11.2 Å². The van der Waals surface area contributed by atoms with Crippen LogP contribution < -0.4 is 15.5 Å². The van der Waals surface area contributed by atoms with Crippen molar-refractivity contribution in [1.29, 1.82) is 0 Å². The summed E-state index contributed by atoms with van der Waals surface area (Å²) in [5, 5.41) is 20.1. The number of hydrogen-bond donors (Lipinski definition) is 3. The zero-order valence-corrected chi connectivity index (χ0v) is 13.3. The Hall–Kier alpha value is -2.10. The van der Waals surface area contributed by atoms with Crippen LogP contribution in [0.2, 0.25) is 0 Å². The lowest BCUT2D eigenvalue weighted by Crippen LogP contribution is -2.34. The molecule has 1 fully saturated rings. The van der Waals surface area contributed by atoms with Crippen molar-refractivity contribution in [1.82, 2.24) is 19.5 Å². The van der Waals surface area contributed by atoms with E-state index in [-0.39, 0.29) is 22.8 Å². The lowest BCUT2D eigenvalue weighted by molar-refractivity contribution is -0.343. The number of phosphoric ester groups is 1. The minimum absolute atomic E-state index is 0.0154. The number of aliphatic hydroxyl groups excluding tert-OH is 2. The maximum Gasteiger partial charge on any atom is 0.208 e. The van der Waals surface area contributed by atoms with Crippen molar-refractivity contribution in [3.63, 3.8) is 0 Å². The van der Waals surface area contributed by atoms with Crippen LogP contribution >= 0.6 is 7.82 Å². The molecule has 1 saturated heterocycles. The van der Waals surface area contributed by atoms with E-state index in [0.29, 0.717) is 0 Å². The topological polar surface area (TPSA) is 192 Å². The van der Waals surface area contributed by atoms with Gasteiger partial charge in [0.25, 0.3) is 0 Å². The zero-order valence-electron chi connectivity index (χ0n) is 12.4. The van der Waals surface area contributed by atoms with Crippen LogP contribution in [-0.2, 0) is 13.8 Å². The predicted molar refractivity (Wildman–Crippen MR) is 77.2 cm³/mol. The molecule has 2 aromatic heterocycles. The summed E-state index contributed by atoms with van der Waals surface area (Å²) in [5.41, 5.74) is 6.08. The van der Waals surface area contributed by atoms with Crippen LogP contribution in [0.5, 0.6) is 0 Å². The molecule has 3 heterocycles. The first-order valence-corrected chi connectivity index (χ1v) is 8.32. The number of hydrogen-bond acceptors (Lipinski definition) is 11. The Morgan fingerprint density at radius 2 is 2.16 bits per heavy atom. The van der Waals surface area contributed by atoms with E-state index in [1.165, 1.54) is 10.9 Å². The monoisotopic (exact) mass is 369 g/mol. The highest BCUT2D eigenvalue weighted by atomic mass is 31.2. The zero-order chi connectivity index (χ0) is 18.4. The predicted octanol–water partition coefficient (Wildman–Crippen LogP) is -3.15. The number of phosphoric acid groups is 1. The van der Waals surface area contributed by atoms with Gasteiger partial charge < -0.3 is 39.6 Å². The van der Waals surface area contributed by atoms with Gasteiger partial charge in [-0.05, 0) is 5.92 Å². The Balaban J connectivity index is 1.92. The number of nitrogens with two attached hydrogens (primary N) is 1. The number of terminal acetylenes is 1. The van der Waals surface area contributed by atoms with Gasteiger partial charge in [0.1, 0.15) is 23.8 Å². The molecule has 0 aromatic carbocycles. The highest BCUT2D eigenvalue weighted by Gasteiger charge is 2.44. The maximum atomic E-state index is 10.6. The normalized spacial score (nSPS) is 26.8. The van der Waals surface area contributed by atoms with E-state index in [9.17, 15) is 24.6 Å². The van der Waals surface area contributed by atoms with Crippen LogP contribution in [0.4, 0.5) is 5.82 Å². The second-order valence-corrected chi connectivity index (χ2v) is 6.34. The third kappa shape index (κ3) is 3.35. The third-order valence-corrected chi connectivity index (χ3v) is 4.05. The summed E-state index contributed by atoms with van der Waals surface area (Å²) in [4.78, 5) is 33.0. The maximum absolute atomic E-state index is 10.6. The summed E-state index contributed by atoms with van der Waals surface area (Å²) in [7, 11) is -5.25. The highest BCUT2D eigenvalue weighted by Crippen LogP contribution is 2.34. The first-order valence-electron chi connectivity index (χ1n) is 6.86. The first kappa shape index (κ1) is 17.7. The van der Waals surface area contributed by atoms with E-state index in [0.717, 1.165) is 0 Å². The molecule has 0 amide bonds. The van der Waals surface area contributed by atoms with Crippen LogP contribution in [0.3, 0.4) is 0 Å². The quantitative estimate of drug-likeness (QED) is 0.364. The molecule has 12 nitrogen and oxygen atoms in total. The minimum atomic E-state index is -5.25. The number of nitrogen functional groups attached to an aromatic ring is 1. The molecule has 4 N–H and O–H groups in total. The molecule has 134 valence electrons. The number of fused-ring (bicyclic) bond motifs is 1. The van der Waals surface area contributed by atoms with E-state index in [1.807, 2.05) is 0 Å². The Kier molecular flexibility index (Phi) is 4.48. The van der Waals surface area contributed by atoms with Crippen molar-refractivity contribution in [3.05, 3.63) is 12.2 Å². The summed E-state index contributed by atoms with van der Waals surface area (Å²) < 4.78 is 21.3. The van der Waals surface area contributed by atoms with Crippen LogP contribution in [0, 0.1) is 12.3 Å². The van der Waals surface area contributed by atoms with Gasteiger partial charge in [-0.2, -0.15) is 0 Å². The third-order valence-electron chi connectivity index (χ3n) is 3.59. The van der Waals surface area contributed by atoms with Crippen molar-refractivity contribution in [2.75, 3.05) is 12.3 Å². The molecular weight excluding hydrogens is 357 g/mol. The molecule has 25 heavy (non-hydrogen) atoms. The highest BCUT2D eigenvalue weighted by molar-refractivity contribution is 7.43. The molecular formula is C12H12N5O7P-2. The van der Waals surface area contributed by atoms with Gasteiger partial charge in [0.05, 0.1) is 20.8 Å². The van der Waals surface area contributed by atoms with Gasteiger partial charge in [0, 0.05) is 0 Å². The van der Waals surface area contributed by atoms with Gasteiger partial charge in [-0.25, -0.2) is 15.0 Å². The van der Waals surface area contributed by atoms with Crippen molar-refractivity contribution >= 4 is 24.8 Å². The van der Waals surface area contributed by atoms with Crippen LogP contribution in [0.1, 0.15) is 12.1 Å². The molecule has 0 spiro atoms. The molecule has 0 unspecified atom stereocenters. The summed E-state index contributed by atoms with van der Waals surface area (Å²) in [5.74, 6) is 2.22. The molecule has 0 bridgehead atoms. The number of imidazole rings is 1. The molecule has 2 aromatic rings. The van der Waals surface area contributed by atoms with Gasteiger partial charge in [0.15, 0.2) is 17.7 Å². The van der Waals surface area contributed by atoms with Crippen LogP contribution in [-0.4, -0.2) is 54.7 Å². The average Bonchev–Trinajstić information content (AvgIpc) is 3.08. The largest absolute Gasteiger partial charge is 0.790 e. The van der Waals surface area contributed by atoms with Crippen molar-refractivity contribution in [2.24, 2.45) is 0 Å². The summed E-state index contributed by atoms with van der Waals surface area (Å²) in [6.45, 7) is -0.752. The minimum Gasteiger partial charge on any atom is -0.790 e. The summed E-state index contributed by atoms with van der Waals surface area (Å²) in [6, 6.07) is 0. The molecule has 1 aliphatic rings. The number of anilines is 1. The molecule has 0 saturated carbocycles. The Labute approximate surface area is 140 Å². The number of ether oxygens (including phenoxy) is 1. The second-order valence-electron chi connectivity index (χ2n) is 5.19. The summed E-state index contributed by atoms with van der Waals surface area (Å²) >= 11 is 0. The van der Waals surface area contributed by atoms with E-state index in [4.69, 9.17) is 16.9 Å². The van der Waals surface area contributed by atoms with Crippen molar-refractivity contribution < 1.29 is 33.8 Å². The standard InChI is InChI=1S/C12H14N5O7P/c1-2-6-15-10(13)7-11(16-6)17(4-14-7)12-9(19)8(18)5(24-12)3-23-25(20,21)22/h1,4-5,8-9,12,18-19H,3H2,(H2,13,15,16)(H2,20,21,22)/p-2/t5-,8-,9-,12-/m1/s1. The molecule has 3 rings (SSSR count). The van der Waals surface area contributed by atoms with Crippen LogP contribution in [0.15, 0.2) is 6.33 Å². The van der Waals surface area contributed by atoms with Gasteiger partial charge in [-0.3, -0.25) is 4.57 Å². The Morgan fingerprint density at radius 3 is 2.80 bits per heavy atom. The average molecular weight is 369 g/mol. The number of aliphatic hydroxyl groups is 2. The van der Waals surface area contributed by atoms with E-state index < -0.39 is 39.0 Å². The SMILES string of the molecule is C#Cc1nc(N)c2ncn([C@@H]3O[C@H](COP(=O)([O-])[O-])[C@@H](O)[C@H]3O)c2n1. The number of rotatable bonds is 4.